The quantitative estimate of drug-likeness (QED) is 0.475. The number of aliphatic hydroxyl groups excluding tert-OH is 2. The van der Waals surface area contributed by atoms with E-state index >= 15 is 0 Å². The highest BCUT2D eigenvalue weighted by Crippen LogP contribution is 2.19. The van der Waals surface area contributed by atoms with Crippen LogP contribution < -0.4 is 0 Å². The highest BCUT2D eigenvalue weighted by molar-refractivity contribution is 5.72. The van der Waals surface area contributed by atoms with Gasteiger partial charge in [-0.05, 0) is 6.92 Å². The van der Waals surface area contributed by atoms with E-state index in [2.05, 4.69) is 0 Å². The Balaban J connectivity index is 2.59. The summed E-state index contributed by atoms with van der Waals surface area (Å²) in [6.45, 7) is 1.53. The van der Waals surface area contributed by atoms with E-state index in [0.29, 0.717) is 0 Å². The van der Waals surface area contributed by atoms with Gasteiger partial charge < -0.3 is 20.1 Å². The molecule has 0 aliphatic carbocycles. The Morgan fingerprint density at radius 2 is 2.08 bits per heavy atom. The van der Waals surface area contributed by atoms with Crippen molar-refractivity contribution in [3.8, 4) is 0 Å². The number of aliphatic carboxylic acids is 1. The number of carboxylic acid groups (broad SMARTS) is 1. The van der Waals surface area contributed by atoms with Crippen molar-refractivity contribution in [2.45, 2.75) is 37.8 Å². The van der Waals surface area contributed by atoms with Crippen LogP contribution in [0, 0.1) is 0 Å². The largest absolute Gasteiger partial charge is 0.479 e. The molecule has 5 nitrogen and oxygen atoms in total. The molecule has 0 aromatic rings. The van der Waals surface area contributed by atoms with Crippen LogP contribution in [0.5, 0.6) is 0 Å². The van der Waals surface area contributed by atoms with Crippen molar-refractivity contribution < 1.29 is 24.9 Å². The highest BCUT2D eigenvalue weighted by atomic mass is 16.5. The second-order valence-electron chi connectivity index (χ2n) is 2.96. The van der Waals surface area contributed by atoms with E-state index in [1.54, 1.807) is 0 Å². The number of aliphatic hydroxyl groups is 2. The summed E-state index contributed by atoms with van der Waals surface area (Å²) in [4.78, 5) is 10.4. The summed E-state index contributed by atoms with van der Waals surface area (Å²) in [7, 11) is 0. The molecule has 12 heavy (non-hydrogen) atoms. The lowest BCUT2D eigenvalue weighted by atomic mass is 9.99. The van der Waals surface area contributed by atoms with Gasteiger partial charge in [-0.3, -0.25) is 0 Å². The Morgan fingerprint density at radius 3 is 2.50 bits per heavy atom. The summed E-state index contributed by atoms with van der Waals surface area (Å²) in [5.41, 5.74) is 0. The summed E-state index contributed by atoms with van der Waals surface area (Å²) in [6.07, 6.45) is -3.68. The van der Waals surface area contributed by atoms with Gasteiger partial charge in [0.2, 0.25) is 0 Å². The zero-order valence-electron chi connectivity index (χ0n) is 6.67. The first-order valence-corrected chi connectivity index (χ1v) is 3.76. The SMILES string of the molecule is CC1OC(C(=O)O)CC(O)C1O. The summed E-state index contributed by atoms with van der Waals surface area (Å²) in [6, 6.07) is 0. The van der Waals surface area contributed by atoms with Crippen molar-refractivity contribution in [1.29, 1.82) is 0 Å². The second-order valence-corrected chi connectivity index (χ2v) is 2.96. The summed E-state index contributed by atoms with van der Waals surface area (Å²) < 4.78 is 4.92. The van der Waals surface area contributed by atoms with Crippen LogP contribution in [0.2, 0.25) is 0 Å². The first-order valence-electron chi connectivity index (χ1n) is 3.76. The molecule has 1 rings (SSSR count). The Morgan fingerprint density at radius 1 is 1.50 bits per heavy atom. The van der Waals surface area contributed by atoms with Gasteiger partial charge in [0, 0.05) is 6.42 Å². The predicted molar refractivity (Wildman–Crippen MR) is 38.6 cm³/mol. The van der Waals surface area contributed by atoms with Crippen LogP contribution in [0.1, 0.15) is 13.3 Å². The van der Waals surface area contributed by atoms with Gasteiger partial charge in [-0.1, -0.05) is 0 Å². The first kappa shape index (κ1) is 9.44. The minimum absolute atomic E-state index is 0.0547. The maximum Gasteiger partial charge on any atom is 0.332 e. The van der Waals surface area contributed by atoms with Gasteiger partial charge in [0.15, 0.2) is 6.10 Å². The monoisotopic (exact) mass is 176 g/mol. The maximum absolute atomic E-state index is 10.4. The molecule has 0 aromatic carbocycles. The molecule has 3 N–H and O–H groups in total. The fourth-order valence-corrected chi connectivity index (χ4v) is 1.23. The fourth-order valence-electron chi connectivity index (χ4n) is 1.23. The minimum Gasteiger partial charge on any atom is -0.479 e. The average Bonchev–Trinajstić information content (AvgIpc) is 1.99. The third-order valence-electron chi connectivity index (χ3n) is 1.99. The third kappa shape index (κ3) is 1.74. The minimum atomic E-state index is -1.10. The number of carbonyl (C=O) groups is 1. The normalized spacial score (nSPS) is 42.6. The van der Waals surface area contributed by atoms with Gasteiger partial charge >= 0.3 is 5.97 Å². The van der Waals surface area contributed by atoms with Crippen molar-refractivity contribution in [3.05, 3.63) is 0 Å². The van der Waals surface area contributed by atoms with Crippen LogP contribution in [0.15, 0.2) is 0 Å². The Bertz CT molecular complexity index is 169. The van der Waals surface area contributed by atoms with E-state index in [0.717, 1.165) is 0 Å². The highest BCUT2D eigenvalue weighted by Gasteiger charge is 2.37. The lowest BCUT2D eigenvalue weighted by Gasteiger charge is -2.33. The van der Waals surface area contributed by atoms with Crippen LogP contribution >= 0.6 is 0 Å². The van der Waals surface area contributed by atoms with E-state index < -0.39 is 30.4 Å². The van der Waals surface area contributed by atoms with E-state index in [9.17, 15) is 15.0 Å². The molecule has 0 bridgehead atoms. The Hall–Kier alpha value is -0.650. The molecule has 1 aliphatic rings. The van der Waals surface area contributed by atoms with Crippen molar-refractivity contribution in [2.24, 2.45) is 0 Å². The van der Waals surface area contributed by atoms with Gasteiger partial charge in [0.05, 0.1) is 12.2 Å². The van der Waals surface area contributed by atoms with Crippen LogP contribution in [0.4, 0.5) is 0 Å². The molecule has 5 heteroatoms. The second kappa shape index (κ2) is 3.38. The van der Waals surface area contributed by atoms with Crippen molar-refractivity contribution in [1.82, 2.24) is 0 Å². The molecular weight excluding hydrogens is 164 g/mol. The van der Waals surface area contributed by atoms with Gasteiger partial charge in [-0.25, -0.2) is 4.79 Å². The van der Waals surface area contributed by atoms with E-state index in [1.165, 1.54) is 6.92 Å². The molecule has 4 unspecified atom stereocenters. The molecule has 1 fully saturated rings. The van der Waals surface area contributed by atoms with Crippen molar-refractivity contribution in [3.63, 3.8) is 0 Å². The molecule has 1 aliphatic heterocycles. The van der Waals surface area contributed by atoms with Gasteiger partial charge in [-0.15, -0.1) is 0 Å². The van der Waals surface area contributed by atoms with E-state index in [1.807, 2.05) is 0 Å². The Labute approximate surface area is 69.6 Å². The lowest BCUT2D eigenvalue weighted by molar-refractivity contribution is -0.186. The first-order chi connectivity index (χ1) is 5.52. The standard InChI is InChI=1S/C7H12O5/c1-3-6(9)4(8)2-5(12-3)7(10)11/h3-6,8-9H,2H2,1H3,(H,10,11). The predicted octanol–water partition coefficient (Wildman–Crippen LogP) is -1.03. The van der Waals surface area contributed by atoms with Crippen LogP contribution in [-0.2, 0) is 9.53 Å². The molecule has 70 valence electrons. The van der Waals surface area contributed by atoms with Gasteiger partial charge in [0.25, 0.3) is 0 Å². The number of carboxylic acids is 1. The van der Waals surface area contributed by atoms with Gasteiger partial charge in [0.1, 0.15) is 6.10 Å². The van der Waals surface area contributed by atoms with Crippen LogP contribution in [0.3, 0.4) is 0 Å². The molecule has 0 radical (unpaired) electrons. The van der Waals surface area contributed by atoms with Gasteiger partial charge in [-0.2, -0.15) is 0 Å². The fraction of sp³-hybridized carbons (Fsp3) is 0.857. The molecular formula is C7H12O5. The third-order valence-corrected chi connectivity index (χ3v) is 1.99. The zero-order chi connectivity index (χ0) is 9.30. The van der Waals surface area contributed by atoms with E-state index in [-0.39, 0.29) is 6.42 Å². The average molecular weight is 176 g/mol. The summed E-state index contributed by atoms with van der Waals surface area (Å²) in [5.74, 6) is -1.10. The number of hydrogen-bond acceptors (Lipinski definition) is 4. The zero-order valence-corrected chi connectivity index (χ0v) is 6.67. The Kier molecular flexibility index (Phi) is 2.66. The van der Waals surface area contributed by atoms with Crippen molar-refractivity contribution in [2.75, 3.05) is 0 Å². The lowest BCUT2D eigenvalue weighted by Crippen LogP contribution is -2.49. The smallest absolute Gasteiger partial charge is 0.332 e. The van der Waals surface area contributed by atoms with Crippen LogP contribution in [0.25, 0.3) is 0 Å². The number of ether oxygens (including phenoxy) is 1. The van der Waals surface area contributed by atoms with Crippen LogP contribution in [-0.4, -0.2) is 45.7 Å². The summed E-state index contributed by atoms with van der Waals surface area (Å²) in [5, 5.41) is 26.9. The molecule has 0 aromatic heterocycles. The molecule has 0 amide bonds. The molecule has 0 saturated carbocycles. The molecule has 1 heterocycles. The topological polar surface area (TPSA) is 87.0 Å². The number of rotatable bonds is 1. The van der Waals surface area contributed by atoms with E-state index in [4.69, 9.17) is 9.84 Å². The molecule has 4 atom stereocenters. The van der Waals surface area contributed by atoms with Crippen molar-refractivity contribution >= 4 is 5.97 Å². The molecule has 1 saturated heterocycles. The maximum atomic E-state index is 10.4. The molecule has 0 spiro atoms. The summed E-state index contributed by atoms with van der Waals surface area (Å²) >= 11 is 0. The number of hydrogen-bond donors (Lipinski definition) is 3.